The number of amides is 1. The molecule has 0 unspecified atom stereocenters. The highest BCUT2D eigenvalue weighted by Gasteiger charge is 2.35. The monoisotopic (exact) mass is 409 g/mol. The molecule has 1 fully saturated rings. The first kappa shape index (κ1) is 18.6. The number of aromatic amines is 2. The molecule has 3 aromatic rings. The molecular weight excluding hydrogens is 393 g/mol. The van der Waals surface area contributed by atoms with Gasteiger partial charge in [-0.3, -0.25) is 9.69 Å². The molecule has 2 aromatic heterocycles. The molecule has 1 amide bonds. The smallest absolute Gasteiger partial charge is 0.360 e. The Morgan fingerprint density at radius 1 is 1.14 bits per heavy atom. The second kappa shape index (κ2) is 7.01. The van der Waals surface area contributed by atoms with E-state index in [0.717, 1.165) is 23.2 Å². The minimum Gasteiger partial charge on any atom is -0.360 e. The number of para-hydroxylation sites is 1. The van der Waals surface area contributed by atoms with Crippen molar-refractivity contribution in [1.82, 2.24) is 9.88 Å². The zero-order valence-corrected chi connectivity index (χ0v) is 15.4. The number of pyridine rings is 1. The Labute approximate surface area is 163 Å². The van der Waals surface area contributed by atoms with E-state index >= 15 is 0 Å². The number of benzene rings is 1. The van der Waals surface area contributed by atoms with Crippen LogP contribution in [0.1, 0.15) is 15.9 Å². The lowest BCUT2D eigenvalue weighted by molar-refractivity contribution is -0.367. The maximum Gasteiger partial charge on any atom is 0.419 e. The third kappa shape index (κ3) is 3.40. The number of nitrogens with one attached hydrogen (secondary N) is 2. The van der Waals surface area contributed by atoms with Crippen LogP contribution in [-0.2, 0) is 6.18 Å². The topological polar surface area (TPSA) is 53.5 Å². The number of halogens is 4. The highest BCUT2D eigenvalue weighted by Crippen LogP contribution is 2.32. The Balaban J connectivity index is 1.47. The van der Waals surface area contributed by atoms with Gasteiger partial charge in [0.25, 0.3) is 11.7 Å². The lowest BCUT2D eigenvalue weighted by Gasteiger charge is -2.31. The van der Waals surface area contributed by atoms with Crippen LogP contribution in [0.4, 0.5) is 19.0 Å². The van der Waals surface area contributed by atoms with Crippen molar-refractivity contribution in [2.45, 2.75) is 6.18 Å². The SMILES string of the molecule is O=C(c1c[nH]c2ccccc12)N1CCN(c2[nH+]cc(C(F)(F)F)cc2Cl)CC1. The predicted molar refractivity (Wildman–Crippen MR) is 99.4 cm³/mol. The summed E-state index contributed by atoms with van der Waals surface area (Å²) < 4.78 is 38.4. The van der Waals surface area contributed by atoms with Crippen molar-refractivity contribution in [3.63, 3.8) is 0 Å². The molecule has 5 nitrogen and oxygen atoms in total. The van der Waals surface area contributed by atoms with Crippen LogP contribution in [0, 0.1) is 0 Å². The van der Waals surface area contributed by atoms with Crippen LogP contribution in [0.25, 0.3) is 10.9 Å². The van der Waals surface area contributed by atoms with Crippen molar-refractivity contribution >= 4 is 34.2 Å². The summed E-state index contributed by atoms with van der Waals surface area (Å²) in [6.07, 6.45) is -1.84. The largest absolute Gasteiger partial charge is 0.419 e. The molecule has 1 aromatic carbocycles. The van der Waals surface area contributed by atoms with E-state index < -0.39 is 11.7 Å². The number of aromatic nitrogens is 2. The van der Waals surface area contributed by atoms with Gasteiger partial charge in [-0.2, -0.15) is 13.2 Å². The van der Waals surface area contributed by atoms with Gasteiger partial charge < -0.3 is 9.88 Å². The predicted octanol–water partition coefficient (Wildman–Crippen LogP) is 3.62. The van der Waals surface area contributed by atoms with Crippen molar-refractivity contribution in [3.05, 3.63) is 58.9 Å². The zero-order chi connectivity index (χ0) is 19.9. The van der Waals surface area contributed by atoms with Crippen LogP contribution < -0.4 is 9.88 Å². The van der Waals surface area contributed by atoms with Crippen molar-refractivity contribution in [2.75, 3.05) is 31.1 Å². The lowest BCUT2D eigenvalue weighted by atomic mass is 10.1. The summed E-state index contributed by atoms with van der Waals surface area (Å²) in [7, 11) is 0. The number of carbonyl (C=O) groups is 1. The van der Waals surface area contributed by atoms with Crippen LogP contribution in [0.2, 0.25) is 5.02 Å². The van der Waals surface area contributed by atoms with Gasteiger partial charge in [-0.1, -0.05) is 29.8 Å². The molecule has 1 aliphatic heterocycles. The normalized spacial score (nSPS) is 15.3. The maximum atomic E-state index is 12.9. The second-order valence-electron chi connectivity index (χ2n) is 6.61. The van der Waals surface area contributed by atoms with Gasteiger partial charge in [0.05, 0.1) is 24.2 Å². The molecule has 9 heteroatoms. The van der Waals surface area contributed by atoms with Gasteiger partial charge in [-0.15, -0.1) is 0 Å². The van der Waals surface area contributed by atoms with Crippen molar-refractivity contribution in [1.29, 1.82) is 0 Å². The molecule has 0 spiro atoms. The fourth-order valence-corrected chi connectivity index (χ4v) is 3.71. The molecule has 2 N–H and O–H groups in total. The number of nitrogens with zero attached hydrogens (tertiary/aromatic N) is 2. The summed E-state index contributed by atoms with van der Waals surface area (Å²) >= 11 is 6.06. The number of hydrogen-bond donors (Lipinski definition) is 1. The Morgan fingerprint density at radius 3 is 2.54 bits per heavy atom. The van der Waals surface area contributed by atoms with Crippen LogP contribution in [0.5, 0.6) is 0 Å². The molecule has 1 saturated heterocycles. The second-order valence-corrected chi connectivity index (χ2v) is 7.02. The quantitative estimate of drug-likeness (QED) is 0.703. The van der Waals surface area contributed by atoms with E-state index in [4.69, 9.17) is 11.6 Å². The van der Waals surface area contributed by atoms with E-state index in [1.807, 2.05) is 29.2 Å². The highest BCUT2D eigenvalue weighted by molar-refractivity contribution is 6.32. The van der Waals surface area contributed by atoms with Crippen molar-refractivity contribution in [2.24, 2.45) is 0 Å². The summed E-state index contributed by atoms with van der Waals surface area (Å²) in [5.74, 6) is 0.355. The molecule has 146 valence electrons. The Bertz CT molecular complexity index is 1030. The number of H-pyrrole nitrogens is 2. The summed E-state index contributed by atoms with van der Waals surface area (Å²) in [5.41, 5.74) is 0.688. The lowest BCUT2D eigenvalue weighted by Crippen LogP contribution is -2.50. The summed E-state index contributed by atoms with van der Waals surface area (Å²) in [4.78, 5) is 22.2. The number of hydrogen-bond acceptors (Lipinski definition) is 2. The molecule has 28 heavy (non-hydrogen) atoms. The molecule has 0 radical (unpaired) electrons. The average Bonchev–Trinajstić information content (AvgIpc) is 3.11. The number of carbonyl (C=O) groups excluding carboxylic acids is 1. The minimum atomic E-state index is -4.46. The number of piperazine rings is 1. The molecule has 4 rings (SSSR count). The van der Waals surface area contributed by atoms with E-state index in [0.29, 0.717) is 37.6 Å². The standard InChI is InChI=1S/C19H16ClF3N4O/c20-15-9-12(19(21,22)23)10-25-17(15)26-5-7-27(8-6-26)18(28)14-11-24-16-4-2-1-3-13(14)16/h1-4,9-11,24H,5-8H2/p+1. The van der Waals surface area contributed by atoms with E-state index in [2.05, 4.69) is 9.97 Å². The first-order valence-electron chi connectivity index (χ1n) is 8.73. The zero-order valence-electron chi connectivity index (χ0n) is 14.7. The Hall–Kier alpha value is -2.74. The fraction of sp³-hybridized carbons (Fsp3) is 0.263. The van der Waals surface area contributed by atoms with Gasteiger partial charge in [0.1, 0.15) is 24.3 Å². The Morgan fingerprint density at radius 2 is 1.86 bits per heavy atom. The molecule has 0 aliphatic carbocycles. The van der Waals surface area contributed by atoms with Crippen LogP contribution in [-0.4, -0.2) is 42.0 Å². The number of fused-ring (bicyclic) bond motifs is 1. The highest BCUT2D eigenvalue weighted by atomic mass is 35.5. The Kier molecular flexibility index (Phi) is 4.66. The van der Waals surface area contributed by atoms with Crippen molar-refractivity contribution < 1.29 is 22.9 Å². The molecule has 0 saturated carbocycles. The first-order chi connectivity index (χ1) is 13.3. The summed E-state index contributed by atoms with van der Waals surface area (Å²) in [5, 5.41) is 0.875. The van der Waals surface area contributed by atoms with Gasteiger partial charge in [0, 0.05) is 17.1 Å². The van der Waals surface area contributed by atoms with Gasteiger partial charge in [-0.05, 0) is 12.1 Å². The van der Waals surface area contributed by atoms with Gasteiger partial charge >= 0.3 is 6.18 Å². The maximum absolute atomic E-state index is 12.9. The first-order valence-corrected chi connectivity index (χ1v) is 9.11. The minimum absolute atomic E-state index is 0.00577. The van der Waals surface area contributed by atoms with Gasteiger partial charge in [-0.25, -0.2) is 4.98 Å². The molecule has 3 heterocycles. The van der Waals surface area contributed by atoms with E-state index in [-0.39, 0.29) is 10.9 Å². The molecule has 0 bridgehead atoms. The van der Waals surface area contributed by atoms with Crippen LogP contribution in [0.15, 0.2) is 42.7 Å². The third-order valence-electron chi connectivity index (χ3n) is 4.90. The van der Waals surface area contributed by atoms with Gasteiger partial charge in [0.15, 0.2) is 0 Å². The van der Waals surface area contributed by atoms with Gasteiger partial charge in [0.2, 0.25) is 0 Å². The molecular formula is C19H17ClF3N4O+. The number of rotatable bonds is 2. The van der Waals surface area contributed by atoms with Crippen LogP contribution in [0.3, 0.4) is 0 Å². The van der Waals surface area contributed by atoms with Crippen molar-refractivity contribution in [3.8, 4) is 0 Å². The van der Waals surface area contributed by atoms with E-state index in [1.54, 1.807) is 11.1 Å². The van der Waals surface area contributed by atoms with E-state index in [1.165, 1.54) is 0 Å². The summed E-state index contributed by atoms with van der Waals surface area (Å²) in [6, 6.07) is 8.50. The number of anilines is 1. The molecule has 1 aliphatic rings. The van der Waals surface area contributed by atoms with E-state index in [9.17, 15) is 18.0 Å². The molecule has 0 atom stereocenters. The fourth-order valence-electron chi connectivity index (χ4n) is 3.42. The van der Waals surface area contributed by atoms with Crippen LogP contribution >= 0.6 is 11.6 Å². The summed E-state index contributed by atoms with van der Waals surface area (Å²) in [6.45, 7) is 1.83. The third-order valence-corrected chi connectivity index (χ3v) is 5.19. The average molecular weight is 410 g/mol. The number of alkyl halides is 3.